The molecule has 0 bridgehead atoms. The minimum absolute atomic E-state index is 0.124. The van der Waals surface area contributed by atoms with Crippen molar-refractivity contribution in [3.05, 3.63) is 46.1 Å². The second-order valence-corrected chi connectivity index (χ2v) is 6.56. The summed E-state index contributed by atoms with van der Waals surface area (Å²) in [7, 11) is 0. The molecule has 27 heavy (non-hydrogen) atoms. The van der Waals surface area contributed by atoms with E-state index in [9.17, 15) is 19.2 Å². The normalized spacial score (nSPS) is 14.0. The van der Waals surface area contributed by atoms with Crippen LogP contribution in [0.5, 0.6) is 0 Å². The third kappa shape index (κ3) is 4.29. The highest BCUT2D eigenvalue weighted by atomic mass is 79.9. The van der Waals surface area contributed by atoms with E-state index in [-0.39, 0.29) is 18.5 Å². The number of carboxylic acids is 1. The van der Waals surface area contributed by atoms with Crippen molar-refractivity contribution < 1.29 is 24.3 Å². The molecule has 1 aliphatic heterocycles. The molecule has 0 unspecified atom stereocenters. The lowest BCUT2D eigenvalue weighted by atomic mass is 10.0. The minimum atomic E-state index is -0.972. The van der Waals surface area contributed by atoms with Crippen molar-refractivity contribution in [2.45, 2.75) is 13.0 Å². The molecular weight excluding hydrogens is 420 g/mol. The zero-order valence-electron chi connectivity index (χ0n) is 13.7. The number of rotatable bonds is 5. The summed E-state index contributed by atoms with van der Waals surface area (Å²) in [6.07, 6.45) is 2.73. The van der Waals surface area contributed by atoms with Crippen LogP contribution < -0.4 is 10.6 Å². The van der Waals surface area contributed by atoms with Gasteiger partial charge in [-0.25, -0.2) is 4.79 Å². The van der Waals surface area contributed by atoms with Crippen molar-refractivity contribution in [3.8, 4) is 11.3 Å². The van der Waals surface area contributed by atoms with Crippen molar-refractivity contribution in [2.24, 2.45) is 0 Å². The van der Waals surface area contributed by atoms with Crippen LogP contribution in [0.1, 0.15) is 12.0 Å². The van der Waals surface area contributed by atoms with E-state index in [2.05, 4.69) is 21.0 Å². The number of carboxylic acid groups (broad SMARTS) is 1. The molecule has 3 N–H and O–H groups in total. The van der Waals surface area contributed by atoms with Crippen molar-refractivity contribution in [2.75, 3.05) is 0 Å². The summed E-state index contributed by atoms with van der Waals surface area (Å²) >= 11 is 3.34. The molecule has 4 amide bonds. The highest BCUT2D eigenvalue weighted by molar-refractivity contribution is 9.10. The Hall–Kier alpha value is -3.27. The van der Waals surface area contributed by atoms with Gasteiger partial charge in [-0.3, -0.25) is 29.7 Å². The van der Waals surface area contributed by atoms with Gasteiger partial charge in [0.25, 0.3) is 11.8 Å². The van der Waals surface area contributed by atoms with E-state index in [0.717, 1.165) is 4.47 Å². The Morgan fingerprint density at radius 1 is 1.15 bits per heavy atom. The van der Waals surface area contributed by atoms with Gasteiger partial charge in [0.15, 0.2) is 0 Å². The maximum atomic E-state index is 12.0. The Labute approximate surface area is 161 Å². The number of benzene rings is 1. The van der Waals surface area contributed by atoms with Gasteiger partial charge in [-0.2, -0.15) is 5.10 Å². The predicted molar refractivity (Wildman–Crippen MR) is 97.3 cm³/mol. The zero-order chi connectivity index (χ0) is 19.6. The molecule has 0 spiro atoms. The predicted octanol–water partition coefficient (Wildman–Crippen LogP) is 1.54. The topological polar surface area (TPSA) is 130 Å². The first-order chi connectivity index (χ1) is 12.8. The summed E-state index contributed by atoms with van der Waals surface area (Å²) in [6.45, 7) is 0.124. The summed E-state index contributed by atoms with van der Waals surface area (Å²) in [5.41, 5.74) is 1.38. The number of carbonyl (C=O) groups is 4. The van der Waals surface area contributed by atoms with Crippen molar-refractivity contribution >= 4 is 45.8 Å². The van der Waals surface area contributed by atoms with E-state index in [1.165, 1.54) is 10.8 Å². The summed E-state index contributed by atoms with van der Waals surface area (Å²) in [5.74, 6) is -2.60. The summed E-state index contributed by atoms with van der Waals surface area (Å²) in [6, 6.07) is 6.32. The maximum Gasteiger partial charge on any atom is 0.328 e. The Kier molecular flexibility index (Phi) is 5.17. The van der Waals surface area contributed by atoms with E-state index in [0.29, 0.717) is 16.8 Å². The van der Waals surface area contributed by atoms with Crippen molar-refractivity contribution in [1.29, 1.82) is 0 Å². The number of nitrogens with zero attached hydrogens (tertiary/aromatic N) is 2. The molecule has 1 aliphatic rings. The molecule has 2 heterocycles. The number of nitrogens with one attached hydrogen (secondary N) is 2. The molecule has 10 heteroatoms. The minimum Gasteiger partial charge on any atom is -0.481 e. The van der Waals surface area contributed by atoms with Crippen LogP contribution in [-0.2, 0) is 20.9 Å². The molecule has 1 aromatic carbocycles. The van der Waals surface area contributed by atoms with E-state index >= 15 is 0 Å². The lowest BCUT2D eigenvalue weighted by Crippen LogP contribution is -2.51. The van der Waals surface area contributed by atoms with Gasteiger partial charge in [0.2, 0.25) is 0 Å². The summed E-state index contributed by atoms with van der Waals surface area (Å²) < 4.78 is 2.29. The maximum absolute atomic E-state index is 12.0. The largest absolute Gasteiger partial charge is 0.481 e. The van der Waals surface area contributed by atoms with Crippen LogP contribution in [0.25, 0.3) is 17.3 Å². The Morgan fingerprint density at radius 3 is 2.37 bits per heavy atom. The number of amides is 4. The third-order valence-corrected chi connectivity index (χ3v) is 4.23. The van der Waals surface area contributed by atoms with E-state index in [1.54, 1.807) is 30.5 Å². The van der Waals surface area contributed by atoms with Crippen LogP contribution in [0, 0.1) is 0 Å². The number of carbonyl (C=O) groups excluding carboxylic acids is 3. The van der Waals surface area contributed by atoms with Gasteiger partial charge in [-0.05, 0) is 18.2 Å². The summed E-state index contributed by atoms with van der Waals surface area (Å²) in [5, 5.41) is 17.2. The van der Waals surface area contributed by atoms with Crippen LogP contribution >= 0.6 is 15.9 Å². The van der Waals surface area contributed by atoms with E-state index in [4.69, 9.17) is 5.11 Å². The number of hydrogen-bond donors (Lipinski definition) is 3. The second kappa shape index (κ2) is 7.54. The van der Waals surface area contributed by atoms with Crippen LogP contribution in [-0.4, -0.2) is 38.7 Å². The zero-order valence-corrected chi connectivity index (χ0v) is 15.3. The number of aliphatic carboxylic acids is 1. The number of imide groups is 2. The molecule has 0 aliphatic carbocycles. The van der Waals surface area contributed by atoms with Crippen molar-refractivity contribution in [3.63, 3.8) is 0 Å². The number of aromatic nitrogens is 2. The number of aryl methyl sites for hydroxylation is 1. The monoisotopic (exact) mass is 432 g/mol. The molecule has 1 aromatic heterocycles. The molecule has 3 rings (SSSR count). The van der Waals surface area contributed by atoms with E-state index in [1.807, 2.05) is 10.6 Å². The fraction of sp³-hybridized carbons (Fsp3) is 0.118. The number of halogens is 1. The first-order valence-electron chi connectivity index (χ1n) is 7.77. The number of urea groups is 1. The third-order valence-electron chi connectivity index (χ3n) is 3.71. The van der Waals surface area contributed by atoms with Gasteiger partial charge in [-0.1, -0.05) is 28.1 Å². The van der Waals surface area contributed by atoms with Crippen LogP contribution in [0.15, 0.2) is 40.5 Å². The van der Waals surface area contributed by atoms with Gasteiger partial charge in [0, 0.05) is 21.8 Å². The highest BCUT2D eigenvalue weighted by Gasteiger charge is 2.28. The molecule has 0 radical (unpaired) electrons. The standard InChI is InChI=1S/C17H13BrN4O5/c18-11-3-1-9(2-4-11)14-10(8-22(21-14)6-5-13(23)24)7-12-15(25)19-17(27)20-16(12)26/h1-4,7-8H,5-6H2,(H,23,24)(H2,19,20,25,26,27). The molecule has 1 saturated heterocycles. The molecule has 0 atom stereocenters. The molecular formula is C17H13BrN4O5. The number of barbiturate groups is 1. The van der Waals surface area contributed by atoms with Crippen LogP contribution in [0.2, 0.25) is 0 Å². The molecule has 9 nitrogen and oxygen atoms in total. The Balaban J connectivity index is 2.04. The first-order valence-corrected chi connectivity index (χ1v) is 8.56. The average molecular weight is 433 g/mol. The number of hydrogen-bond acceptors (Lipinski definition) is 5. The average Bonchev–Trinajstić information content (AvgIpc) is 3.00. The van der Waals surface area contributed by atoms with Gasteiger partial charge >= 0.3 is 12.0 Å². The molecule has 2 aromatic rings. The first kappa shape index (κ1) is 18.5. The van der Waals surface area contributed by atoms with Gasteiger partial charge in [0.1, 0.15) is 5.57 Å². The quantitative estimate of drug-likeness (QED) is 0.485. The second-order valence-electron chi connectivity index (χ2n) is 5.64. The van der Waals surface area contributed by atoms with Gasteiger partial charge < -0.3 is 5.11 Å². The summed E-state index contributed by atoms with van der Waals surface area (Å²) in [4.78, 5) is 45.9. The van der Waals surface area contributed by atoms with Gasteiger partial charge in [-0.15, -0.1) is 0 Å². The Morgan fingerprint density at radius 2 is 1.78 bits per heavy atom. The smallest absolute Gasteiger partial charge is 0.328 e. The highest BCUT2D eigenvalue weighted by Crippen LogP contribution is 2.26. The van der Waals surface area contributed by atoms with Crippen molar-refractivity contribution in [1.82, 2.24) is 20.4 Å². The fourth-order valence-electron chi connectivity index (χ4n) is 2.46. The van der Waals surface area contributed by atoms with Gasteiger partial charge in [0.05, 0.1) is 18.7 Å². The molecule has 1 fully saturated rings. The molecule has 138 valence electrons. The lowest BCUT2D eigenvalue weighted by molar-refractivity contribution is -0.137. The van der Waals surface area contributed by atoms with Crippen LogP contribution in [0.3, 0.4) is 0 Å². The SMILES string of the molecule is O=C(O)CCn1cc(C=C2C(=O)NC(=O)NC2=O)c(-c2ccc(Br)cc2)n1. The molecule has 0 saturated carbocycles. The Bertz CT molecular complexity index is 956. The lowest BCUT2D eigenvalue weighted by Gasteiger charge is -2.13. The van der Waals surface area contributed by atoms with Crippen LogP contribution in [0.4, 0.5) is 4.79 Å². The fourth-order valence-corrected chi connectivity index (χ4v) is 2.73. The van der Waals surface area contributed by atoms with E-state index < -0.39 is 23.8 Å².